The Morgan fingerprint density at radius 3 is 2.83 bits per heavy atom. The van der Waals surface area contributed by atoms with Gasteiger partial charge in [0.1, 0.15) is 12.2 Å². The highest BCUT2D eigenvalue weighted by molar-refractivity contribution is 5.67. The first kappa shape index (κ1) is 10.5. The summed E-state index contributed by atoms with van der Waals surface area (Å²) in [6.45, 7) is -0.468. The third-order valence-electron chi connectivity index (χ3n) is 4.21. The minimum absolute atomic E-state index is 0.0758. The Morgan fingerprint density at radius 1 is 1.50 bits per heavy atom. The van der Waals surface area contributed by atoms with E-state index in [0.29, 0.717) is 12.0 Å². The molecular weight excluding hydrogens is 242 g/mol. The summed E-state index contributed by atoms with van der Waals surface area (Å²) in [7, 11) is 0. The van der Waals surface area contributed by atoms with Gasteiger partial charge >= 0.3 is 5.97 Å². The van der Waals surface area contributed by atoms with E-state index in [1.54, 1.807) is 0 Å². The minimum atomic E-state index is -2.89. The fourth-order valence-corrected chi connectivity index (χ4v) is 3.20. The number of halogens is 2. The van der Waals surface area contributed by atoms with Crippen LogP contribution < -0.4 is 0 Å². The first-order valence-electron chi connectivity index (χ1n) is 6.21. The summed E-state index contributed by atoms with van der Waals surface area (Å²) in [6, 6.07) is 0. The summed E-state index contributed by atoms with van der Waals surface area (Å²) in [5, 5.41) is 13.0. The molecule has 4 nitrogen and oxygen atoms in total. The molecule has 18 heavy (non-hydrogen) atoms. The molecule has 0 aliphatic heterocycles. The molecule has 0 spiro atoms. The third kappa shape index (κ3) is 1.18. The predicted octanol–water partition coefficient (Wildman–Crippen LogP) is 2.05. The SMILES string of the molecule is O=C(O)Cn1nc(C2CC2)c2c1C(F)(F)[C@@H]1C[C@H]21. The zero-order valence-electron chi connectivity index (χ0n) is 9.57. The van der Waals surface area contributed by atoms with Gasteiger partial charge in [-0.1, -0.05) is 0 Å². The van der Waals surface area contributed by atoms with Crippen molar-refractivity contribution in [3.8, 4) is 0 Å². The van der Waals surface area contributed by atoms with Crippen molar-refractivity contribution in [2.24, 2.45) is 5.92 Å². The van der Waals surface area contributed by atoms with Gasteiger partial charge in [-0.15, -0.1) is 0 Å². The van der Waals surface area contributed by atoms with E-state index in [4.69, 9.17) is 5.11 Å². The van der Waals surface area contributed by atoms with E-state index in [0.717, 1.165) is 23.2 Å². The van der Waals surface area contributed by atoms with Crippen LogP contribution in [0.2, 0.25) is 0 Å². The molecule has 0 saturated heterocycles. The highest BCUT2D eigenvalue weighted by atomic mass is 19.3. The van der Waals surface area contributed by atoms with Crippen LogP contribution in [0.5, 0.6) is 0 Å². The van der Waals surface area contributed by atoms with Crippen molar-refractivity contribution < 1.29 is 18.7 Å². The largest absolute Gasteiger partial charge is 0.480 e. The van der Waals surface area contributed by atoms with E-state index in [1.165, 1.54) is 0 Å². The van der Waals surface area contributed by atoms with E-state index in [1.807, 2.05) is 0 Å². The topological polar surface area (TPSA) is 55.1 Å². The summed E-state index contributed by atoms with van der Waals surface area (Å²) in [4.78, 5) is 10.8. The molecule has 0 amide bonds. The Balaban J connectivity index is 1.88. The molecule has 0 radical (unpaired) electrons. The predicted molar refractivity (Wildman–Crippen MR) is 56.6 cm³/mol. The van der Waals surface area contributed by atoms with Gasteiger partial charge in [0.25, 0.3) is 5.92 Å². The lowest BCUT2D eigenvalue weighted by atomic mass is 10.1. The first-order valence-corrected chi connectivity index (χ1v) is 6.21. The van der Waals surface area contributed by atoms with Crippen molar-refractivity contribution in [1.29, 1.82) is 0 Å². The van der Waals surface area contributed by atoms with Crippen LogP contribution >= 0.6 is 0 Å². The lowest BCUT2D eigenvalue weighted by Crippen LogP contribution is -2.22. The van der Waals surface area contributed by atoms with Gasteiger partial charge in [0, 0.05) is 17.4 Å². The summed E-state index contributed by atoms with van der Waals surface area (Å²) in [5.41, 5.74) is 1.30. The molecule has 6 heteroatoms. The molecule has 4 rings (SSSR count). The van der Waals surface area contributed by atoms with Crippen LogP contribution in [0, 0.1) is 5.92 Å². The van der Waals surface area contributed by atoms with E-state index >= 15 is 0 Å². The maximum Gasteiger partial charge on any atom is 0.325 e. The van der Waals surface area contributed by atoms with Crippen LogP contribution in [0.1, 0.15) is 48.0 Å². The molecule has 2 fully saturated rings. The van der Waals surface area contributed by atoms with Gasteiger partial charge < -0.3 is 5.11 Å². The first-order chi connectivity index (χ1) is 8.50. The maximum absolute atomic E-state index is 14.1. The van der Waals surface area contributed by atoms with Gasteiger partial charge in [-0.2, -0.15) is 13.9 Å². The van der Waals surface area contributed by atoms with Crippen molar-refractivity contribution in [3.63, 3.8) is 0 Å². The van der Waals surface area contributed by atoms with Crippen LogP contribution in [0.4, 0.5) is 8.78 Å². The van der Waals surface area contributed by atoms with E-state index in [9.17, 15) is 13.6 Å². The average Bonchev–Trinajstić information content (AvgIpc) is 3.15. The van der Waals surface area contributed by atoms with E-state index < -0.39 is 24.4 Å². The van der Waals surface area contributed by atoms with Crippen molar-refractivity contribution in [2.45, 2.75) is 43.6 Å². The molecule has 1 N–H and O–H groups in total. The number of rotatable bonds is 3. The average molecular weight is 254 g/mol. The number of alkyl halides is 2. The van der Waals surface area contributed by atoms with E-state index in [2.05, 4.69) is 5.10 Å². The number of fused-ring (bicyclic) bond motifs is 3. The fraction of sp³-hybridized carbons (Fsp3) is 0.667. The van der Waals surface area contributed by atoms with Gasteiger partial charge in [0.15, 0.2) is 0 Å². The molecule has 1 heterocycles. The second-order valence-electron chi connectivity index (χ2n) is 5.54. The summed E-state index contributed by atoms with van der Waals surface area (Å²) < 4.78 is 29.3. The van der Waals surface area contributed by atoms with Gasteiger partial charge in [0.05, 0.1) is 5.69 Å². The molecule has 1 aromatic heterocycles. The monoisotopic (exact) mass is 254 g/mol. The zero-order valence-corrected chi connectivity index (χ0v) is 9.57. The molecule has 96 valence electrons. The lowest BCUT2D eigenvalue weighted by Gasteiger charge is -2.14. The van der Waals surface area contributed by atoms with Crippen LogP contribution in [0.25, 0.3) is 0 Å². The second kappa shape index (κ2) is 2.92. The standard InChI is InChI=1S/C12H12F2N2O2/c13-12(14)7-3-6(7)9-10(5-1-2-5)15-16(11(9)12)4-8(17)18/h5-7H,1-4H2,(H,17,18)/t6-,7+/m0/s1. The Kier molecular flexibility index (Phi) is 1.70. The zero-order chi connectivity index (χ0) is 12.7. The molecule has 3 aliphatic carbocycles. The highest BCUT2D eigenvalue weighted by Gasteiger charge is 2.67. The molecule has 0 aromatic carbocycles. The Hall–Kier alpha value is -1.46. The van der Waals surface area contributed by atoms with E-state index in [-0.39, 0.29) is 17.5 Å². The fourth-order valence-electron chi connectivity index (χ4n) is 3.20. The van der Waals surface area contributed by atoms with Crippen LogP contribution in [0.3, 0.4) is 0 Å². The Labute approximate surface area is 102 Å². The Morgan fingerprint density at radius 2 is 2.22 bits per heavy atom. The number of hydrogen-bond donors (Lipinski definition) is 1. The molecule has 1 aromatic rings. The normalized spacial score (nSPS) is 31.0. The Bertz CT molecular complexity index is 563. The number of carboxylic acids is 1. The third-order valence-corrected chi connectivity index (χ3v) is 4.21. The highest BCUT2D eigenvalue weighted by Crippen LogP contribution is 2.68. The van der Waals surface area contributed by atoms with Crippen molar-refractivity contribution in [2.75, 3.05) is 0 Å². The number of aliphatic carboxylic acids is 1. The van der Waals surface area contributed by atoms with Crippen LogP contribution in [-0.4, -0.2) is 20.9 Å². The number of carboxylic acid groups (broad SMARTS) is 1. The van der Waals surface area contributed by atoms with Gasteiger partial charge in [-0.25, -0.2) is 0 Å². The van der Waals surface area contributed by atoms with Gasteiger partial charge in [0.2, 0.25) is 0 Å². The molecular formula is C12H12F2N2O2. The number of carbonyl (C=O) groups is 1. The molecule has 2 atom stereocenters. The van der Waals surface area contributed by atoms with Crippen molar-refractivity contribution in [1.82, 2.24) is 9.78 Å². The molecule has 3 aliphatic rings. The second-order valence-corrected chi connectivity index (χ2v) is 5.54. The summed E-state index contributed by atoms with van der Waals surface area (Å²) >= 11 is 0. The van der Waals surface area contributed by atoms with Gasteiger partial charge in [-0.05, 0) is 25.2 Å². The van der Waals surface area contributed by atoms with Gasteiger partial charge in [-0.3, -0.25) is 9.48 Å². The minimum Gasteiger partial charge on any atom is -0.480 e. The molecule has 2 saturated carbocycles. The summed E-state index contributed by atoms with van der Waals surface area (Å²) in [5.74, 6) is -4.42. The number of nitrogens with zero attached hydrogens (tertiary/aromatic N) is 2. The smallest absolute Gasteiger partial charge is 0.325 e. The molecule has 0 bridgehead atoms. The lowest BCUT2D eigenvalue weighted by molar-refractivity contribution is -0.138. The van der Waals surface area contributed by atoms with Crippen molar-refractivity contribution >= 4 is 5.97 Å². The molecule has 0 unspecified atom stereocenters. The number of aromatic nitrogens is 2. The van der Waals surface area contributed by atoms with Crippen LogP contribution in [-0.2, 0) is 17.3 Å². The van der Waals surface area contributed by atoms with Crippen molar-refractivity contribution in [3.05, 3.63) is 17.0 Å². The van der Waals surface area contributed by atoms with Crippen LogP contribution in [0.15, 0.2) is 0 Å². The number of hydrogen-bond acceptors (Lipinski definition) is 2. The summed E-state index contributed by atoms with van der Waals surface area (Å²) in [6.07, 6.45) is 2.50. The maximum atomic E-state index is 14.1. The quantitative estimate of drug-likeness (QED) is 0.898.